The van der Waals surface area contributed by atoms with Crippen molar-refractivity contribution in [2.75, 3.05) is 5.88 Å². The first-order chi connectivity index (χ1) is 9.11. The minimum atomic E-state index is -0.252. The number of benzene rings is 2. The van der Waals surface area contributed by atoms with Crippen LogP contribution in [0.15, 0.2) is 42.5 Å². The summed E-state index contributed by atoms with van der Waals surface area (Å²) in [6.07, 6.45) is 0.675. The minimum absolute atomic E-state index is 0.0817. The quantitative estimate of drug-likeness (QED) is 0.635. The first-order valence-electron chi connectivity index (χ1n) is 5.86. The molecular weight excluding hydrogens is 306 g/mol. The molecule has 19 heavy (non-hydrogen) atoms. The van der Waals surface area contributed by atoms with Crippen molar-refractivity contribution in [2.45, 2.75) is 12.3 Å². The molecule has 0 saturated carbocycles. The van der Waals surface area contributed by atoms with Gasteiger partial charge in [0.15, 0.2) is 0 Å². The number of hydrogen-bond donors (Lipinski definition) is 0. The fraction of sp³-hybridized carbons (Fsp3) is 0.200. The molecule has 0 aliphatic rings. The summed E-state index contributed by atoms with van der Waals surface area (Å²) in [4.78, 5) is 0. The first kappa shape index (κ1) is 14.6. The van der Waals surface area contributed by atoms with Crippen LogP contribution in [0.4, 0.5) is 4.39 Å². The molecule has 2 aromatic rings. The molecule has 0 heterocycles. The van der Waals surface area contributed by atoms with Crippen molar-refractivity contribution in [1.82, 2.24) is 0 Å². The van der Waals surface area contributed by atoms with Crippen molar-refractivity contribution in [2.24, 2.45) is 0 Å². The molecule has 2 aromatic carbocycles. The molecule has 0 N–H and O–H groups in total. The second kappa shape index (κ2) is 6.60. The minimum Gasteiger partial charge on any atom is -0.207 e. The van der Waals surface area contributed by atoms with E-state index in [1.807, 2.05) is 12.1 Å². The van der Waals surface area contributed by atoms with E-state index in [4.69, 9.17) is 34.8 Å². The van der Waals surface area contributed by atoms with Crippen LogP contribution in [0.3, 0.4) is 0 Å². The van der Waals surface area contributed by atoms with E-state index in [0.29, 0.717) is 22.3 Å². The maximum Gasteiger partial charge on any atom is 0.123 e. The average molecular weight is 318 g/mol. The topological polar surface area (TPSA) is 0 Å². The molecule has 0 aromatic heterocycles. The molecule has 0 nitrogen and oxygen atoms in total. The van der Waals surface area contributed by atoms with Gasteiger partial charge in [0, 0.05) is 11.8 Å². The normalized spacial score (nSPS) is 12.4. The summed E-state index contributed by atoms with van der Waals surface area (Å²) in [6, 6.07) is 11.9. The van der Waals surface area contributed by atoms with Crippen LogP contribution in [0.2, 0.25) is 10.0 Å². The van der Waals surface area contributed by atoms with Gasteiger partial charge >= 0.3 is 0 Å². The molecule has 0 saturated heterocycles. The van der Waals surface area contributed by atoms with Crippen molar-refractivity contribution in [3.05, 3.63) is 69.5 Å². The Morgan fingerprint density at radius 2 is 1.68 bits per heavy atom. The van der Waals surface area contributed by atoms with Crippen molar-refractivity contribution in [3.63, 3.8) is 0 Å². The van der Waals surface area contributed by atoms with E-state index in [1.165, 1.54) is 12.1 Å². The molecule has 0 aliphatic carbocycles. The summed E-state index contributed by atoms with van der Waals surface area (Å²) >= 11 is 18.2. The molecule has 0 fully saturated rings. The summed E-state index contributed by atoms with van der Waals surface area (Å²) in [5.74, 6) is 0.269. The molecule has 4 heteroatoms. The smallest absolute Gasteiger partial charge is 0.123 e. The number of rotatable bonds is 4. The predicted octanol–water partition coefficient (Wildman–Crippen LogP) is 5.70. The van der Waals surface area contributed by atoms with Crippen LogP contribution in [0.25, 0.3) is 0 Å². The van der Waals surface area contributed by atoms with Crippen LogP contribution >= 0.6 is 34.8 Å². The van der Waals surface area contributed by atoms with Gasteiger partial charge in [-0.05, 0) is 35.7 Å². The van der Waals surface area contributed by atoms with Gasteiger partial charge in [-0.2, -0.15) is 0 Å². The van der Waals surface area contributed by atoms with E-state index in [9.17, 15) is 4.39 Å². The van der Waals surface area contributed by atoms with Crippen LogP contribution in [-0.2, 0) is 6.42 Å². The second-order valence-corrected chi connectivity index (χ2v) is 5.41. The highest BCUT2D eigenvalue weighted by molar-refractivity contribution is 6.42. The molecule has 2 rings (SSSR count). The Balaban J connectivity index is 2.24. The van der Waals surface area contributed by atoms with Gasteiger partial charge in [0.05, 0.1) is 10.0 Å². The molecule has 0 bridgehead atoms. The van der Waals surface area contributed by atoms with E-state index >= 15 is 0 Å². The van der Waals surface area contributed by atoms with Gasteiger partial charge in [0.25, 0.3) is 0 Å². The third kappa shape index (κ3) is 3.62. The average Bonchev–Trinajstić information content (AvgIpc) is 2.42. The van der Waals surface area contributed by atoms with E-state index in [0.717, 1.165) is 11.1 Å². The Hall–Kier alpha value is -0.760. The fourth-order valence-electron chi connectivity index (χ4n) is 1.97. The number of halogens is 4. The Bertz CT molecular complexity index is 552. The predicted molar refractivity (Wildman–Crippen MR) is 80.0 cm³/mol. The van der Waals surface area contributed by atoms with Gasteiger partial charge in [-0.25, -0.2) is 4.39 Å². The van der Waals surface area contributed by atoms with Crippen molar-refractivity contribution in [3.8, 4) is 0 Å². The number of hydrogen-bond acceptors (Lipinski definition) is 0. The van der Waals surface area contributed by atoms with E-state index < -0.39 is 0 Å². The van der Waals surface area contributed by atoms with Crippen LogP contribution in [0, 0.1) is 5.82 Å². The third-order valence-corrected chi connectivity index (χ3v) is 4.26. The zero-order valence-electron chi connectivity index (χ0n) is 10.0. The summed E-state index contributed by atoms with van der Waals surface area (Å²) in [7, 11) is 0. The molecule has 0 radical (unpaired) electrons. The van der Waals surface area contributed by atoms with Gasteiger partial charge in [-0.15, -0.1) is 11.6 Å². The maximum absolute atomic E-state index is 12.9. The lowest BCUT2D eigenvalue weighted by Gasteiger charge is -2.15. The highest BCUT2D eigenvalue weighted by Crippen LogP contribution is 2.30. The van der Waals surface area contributed by atoms with Crippen LogP contribution < -0.4 is 0 Å². The maximum atomic E-state index is 12.9. The molecule has 0 aliphatic heterocycles. The third-order valence-electron chi connectivity index (χ3n) is 3.03. The Morgan fingerprint density at radius 3 is 2.32 bits per heavy atom. The highest BCUT2D eigenvalue weighted by Gasteiger charge is 2.14. The second-order valence-electron chi connectivity index (χ2n) is 4.32. The van der Waals surface area contributed by atoms with Gasteiger partial charge in [0.1, 0.15) is 5.82 Å². The van der Waals surface area contributed by atoms with Gasteiger partial charge < -0.3 is 0 Å². The van der Waals surface area contributed by atoms with Crippen LogP contribution in [0.1, 0.15) is 17.0 Å². The van der Waals surface area contributed by atoms with Gasteiger partial charge in [0.2, 0.25) is 0 Å². The largest absolute Gasteiger partial charge is 0.207 e. The zero-order valence-corrected chi connectivity index (χ0v) is 12.3. The lowest BCUT2D eigenvalue weighted by Crippen LogP contribution is -2.05. The van der Waals surface area contributed by atoms with E-state index in [-0.39, 0.29) is 11.7 Å². The SMILES string of the molecule is Fc1ccc(C(CCl)Cc2cccc(Cl)c2Cl)cc1. The first-order valence-corrected chi connectivity index (χ1v) is 7.15. The summed E-state index contributed by atoms with van der Waals surface area (Å²) in [5.41, 5.74) is 1.94. The lowest BCUT2D eigenvalue weighted by atomic mass is 9.93. The summed E-state index contributed by atoms with van der Waals surface area (Å²) in [5, 5.41) is 1.09. The van der Waals surface area contributed by atoms with Crippen molar-refractivity contribution < 1.29 is 4.39 Å². The monoisotopic (exact) mass is 316 g/mol. The van der Waals surface area contributed by atoms with E-state index in [2.05, 4.69) is 0 Å². The highest BCUT2D eigenvalue weighted by atomic mass is 35.5. The van der Waals surface area contributed by atoms with Gasteiger partial charge in [-0.1, -0.05) is 47.5 Å². The Morgan fingerprint density at radius 1 is 1.00 bits per heavy atom. The van der Waals surface area contributed by atoms with E-state index in [1.54, 1.807) is 18.2 Å². The summed E-state index contributed by atoms with van der Waals surface area (Å²) in [6.45, 7) is 0. The van der Waals surface area contributed by atoms with Crippen molar-refractivity contribution >= 4 is 34.8 Å². The van der Waals surface area contributed by atoms with Crippen LogP contribution in [0.5, 0.6) is 0 Å². The standard InChI is InChI=1S/C15H12Cl3F/c16-9-12(10-4-6-13(19)7-5-10)8-11-2-1-3-14(17)15(11)18/h1-7,12H,8-9H2. The molecule has 100 valence electrons. The van der Waals surface area contributed by atoms with Crippen molar-refractivity contribution in [1.29, 1.82) is 0 Å². The Kier molecular flexibility index (Phi) is 5.09. The Labute approximate surface area is 127 Å². The van der Waals surface area contributed by atoms with Crippen LogP contribution in [-0.4, -0.2) is 5.88 Å². The fourth-order valence-corrected chi connectivity index (χ4v) is 2.65. The zero-order chi connectivity index (χ0) is 13.8. The molecule has 1 unspecified atom stereocenters. The molecule has 0 amide bonds. The number of alkyl halides is 1. The van der Waals surface area contributed by atoms with Gasteiger partial charge in [-0.3, -0.25) is 0 Å². The molecule has 0 spiro atoms. The lowest BCUT2D eigenvalue weighted by molar-refractivity contribution is 0.625. The molecular formula is C15H12Cl3F. The molecule has 1 atom stereocenters. The summed E-state index contributed by atoms with van der Waals surface area (Å²) < 4.78 is 12.9.